The van der Waals surface area contributed by atoms with Crippen LogP contribution in [0.25, 0.3) is 22.3 Å². The average Bonchev–Trinajstić information content (AvgIpc) is 2.78. The fraction of sp³-hybridized carbons (Fsp3) is 0.115. The van der Waals surface area contributed by atoms with Crippen LogP contribution in [-0.2, 0) is 19.0 Å². The second-order valence-electron chi connectivity index (χ2n) is 7.30. The Morgan fingerprint density at radius 1 is 0.742 bits per heavy atom. The number of benzene rings is 3. The summed E-state index contributed by atoms with van der Waals surface area (Å²) in [6, 6.07) is 25.6. The first kappa shape index (κ1) is 21.2. The number of nitrogens with zero attached hydrogens (tertiary/aromatic N) is 1. The topological polar surface area (TPSA) is 3.88 Å². The van der Waals surface area contributed by atoms with Crippen LogP contribution < -0.4 is 4.57 Å². The van der Waals surface area contributed by atoms with Gasteiger partial charge in [-0.3, -0.25) is 0 Å². The van der Waals surface area contributed by atoms with E-state index in [1.807, 2.05) is 72.5 Å². The Labute approximate surface area is 184 Å². The van der Waals surface area contributed by atoms with E-state index in [0.29, 0.717) is 5.56 Å². The third kappa shape index (κ3) is 5.00. The van der Waals surface area contributed by atoms with Crippen molar-refractivity contribution in [2.75, 3.05) is 0 Å². The lowest BCUT2D eigenvalue weighted by Crippen LogP contribution is -2.27. The Bertz CT molecular complexity index is 1170. The van der Waals surface area contributed by atoms with Crippen molar-refractivity contribution in [2.24, 2.45) is 7.05 Å². The molecule has 31 heavy (non-hydrogen) atoms. The van der Waals surface area contributed by atoms with Crippen LogP contribution >= 0.6 is 11.8 Å². The van der Waals surface area contributed by atoms with Gasteiger partial charge in [-0.15, -0.1) is 11.8 Å². The maximum atomic E-state index is 13.4. The molecule has 0 N–H and O–H groups in total. The molecule has 0 amide bonds. The van der Waals surface area contributed by atoms with Gasteiger partial charge in [0.2, 0.25) is 0 Å². The molecule has 0 unspecified atom stereocenters. The fourth-order valence-corrected chi connectivity index (χ4v) is 4.64. The Balaban J connectivity index is 1.87. The molecule has 0 radical (unpaired) electrons. The minimum Gasteiger partial charge on any atom is -0.207 e. The number of aromatic nitrogens is 1. The Kier molecular flexibility index (Phi) is 6.14. The molecule has 0 aliphatic rings. The summed E-state index contributed by atoms with van der Waals surface area (Å²) in [5, 5.41) is 0. The van der Waals surface area contributed by atoms with Crippen molar-refractivity contribution < 1.29 is 17.7 Å². The predicted octanol–water partition coefficient (Wildman–Crippen LogP) is 7.16. The number of aryl methyl sites for hydroxylation is 1. The molecular weight excluding hydrogens is 415 g/mol. The molecule has 4 rings (SSSR count). The highest BCUT2D eigenvalue weighted by molar-refractivity contribution is 7.98. The van der Waals surface area contributed by atoms with Gasteiger partial charge < -0.3 is 0 Å². The van der Waals surface area contributed by atoms with Crippen LogP contribution in [0, 0.1) is 0 Å². The van der Waals surface area contributed by atoms with Gasteiger partial charge in [0, 0.05) is 10.6 Å². The molecule has 156 valence electrons. The lowest BCUT2D eigenvalue weighted by molar-refractivity contribution is -0.670. The minimum atomic E-state index is -4.38. The van der Waals surface area contributed by atoms with Gasteiger partial charge in [0.05, 0.1) is 16.7 Å². The van der Waals surface area contributed by atoms with Gasteiger partial charge in [0.25, 0.3) is 0 Å². The summed E-state index contributed by atoms with van der Waals surface area (Å²) in [7, 11) is 1.90. The van der Waals surface area contributed by atoms with Crippen LogP contribution in [0.1, 0.15) is 11.1 Å². The highest BCUT2D eigenvalue weighted by atomic mass is 32.2. The van der Waals surface area contributed by atoms with Gasteiger partial charge in [0.15, 0.2) is 12.4 Å². The van der Waals surface area contributed by atoms with Crippen LogP contribution in [0.5, 0.6) is 0 Å². The lowest BCUT2D eigenvalue weighted by atomic mass is 10.00. The second kappa shape index (κ2) is 8.98. The van der Waals surface area contributed by atoms with Gasteiger partial charge in [-0.05, 0) is 28.8 Å². The first-order valence-electron chi connectivity index (χ1n) is 9.85. The van der Waals surface area contributed by atoms with Crippen molar-refractivity contribution in [3.05, 3.63) is 108 Å². The molecule has 1 aromatic heterocycles. The van der Waals surface area contributed by atoms with Crippen LogP contribution in [-0.4, -0.2) is 0 Å². The van der Waals surface area contributed by atoms with Gasteiger partial charge >= 0.3 is 6.18 Å². The van der Waals surface area contributed by atoms with Crippen molar-refractivity contribution in [1.82, 2.24) is 0 Å². The normalized spacial score (nSPS) is 11.5. The van der Waals surface area contributed by atoms with E-state index in [1.165, 1.54) is 12.1 Å². The van der Waals surface area contributed by atoms with Crippen molar-refractivity contribution >= 4 is 11.8 Å². The van der Waals surface area contributed by atoms with E-state index in [1.54, 1.807) is 17.8 Å². The smallest absolute Gasteiger partial charge is 0.207 e. The molecule has 0 aliphatic heterocycles. The third-order valence-corrected chi connectivity index (χ3v) is 6.17. The number of pyridine rings is 1. The fourth-order valence-electron chi connectivity index (χ4n) is 3.48. The zero-order valence-electron chi connectivity index (χ0n) is 16.9. The summed E-state index contributed by atoms with van der Waals surface area (Å²) < 4.78 is 42.0. The van der Waals surface area contributed by atoms with Crippen molar-refractivity contribution in [2.45, 2.75) is 16.8 Å². The number of hydrogen-bond acceptors (Lipinski definition) is 1. The monoisotopic (exact) mass is 436 g/mol. The number of hydrogen-bond donors (Lipinski definition) is 0. The van der Waals surface area contributed by atoms with Crippen LogP contribution in [0.15, 0.2) is 102 Å². The molecule has 0 aliphatic carbocycles. The van der Waals surface area contributed by atoms with E-state index in [4.69, 9.17) is 0 Å². The molecule has 0 saturated carbocycles. The summed E-state index contributed by atoms with van der Waals surface area (Å²) in [4.78, 5) is 0.965. The van der Waals surface area contributed by atoms with E-state index in [2.05, 4.69) is 12.1 Å². The zero-order chi connectivity index (χ0) is 21.8. The molecular formula is C26H21F3NS+. The Morgan fingerprint density at radius 2 is 1.32 bits per heavy atom. The summed E-state index contributed by atoms with van der Waals surface area (Å²) >= 11 is 1.64. The van der Waals surface area contributed by atoms with Gasteiger partial charge in [-0.1, -0.05) is 72.8 Å². The highest BCUT2D eigenvalue weighted by Gasteiger charge is 2.31. The summed E-state index contributed by atoms with van der Waals surface area (Å²) in [6.07, 6.45) is -0.457. The maximum absolute atomic E-state index is 13.4. The molecule has 3 aromatic carbocycles. The number of alkyl halides is 3. The quantitative estimate of drug-likeness (QED) is 0.237. The lowest BCUT2D eigenvalue weighted by Gasteiger charge is -2.15. The standard InChI is InChI=1S/C26H21F3NS/c1-30-16-23(20-11-6-3-7-12-20)25(31-18-19-9-4-2-5-10-19)24(17-30)21-13-8-14-22(15-21)26(27,28)29/h2-17H,18H2,1H3/q+1. The van der Waals surface area contributed by atoms with Crippen molar-refractivity contribution in [1.29, 1.82) is 0 Å². The number of rotatable bonds is 5. The van der Waals surface area contributed by atoms with Crippen LogP contribution in [0.3, 0.4) is 0 Å². The zero-order valence-corrected chi connectivity index (χ0v) is 17.8. The van der Waals surface area contributed by atoms with Crippen molar-refractivity contribution in [3.8, 4) is 22.3 Å². The summed E-state index contributed by atoms with van der Waals surface area (Å²) in [5.74, 6) is 0.723. The average molecular weight is 437 g/mol. The number of thioether (sulfide) groups is 1. The molecule has 0 atom stereocenters. The maximum Gasteiger partial charge on any atom is 0.416 e. The molecule has 1 nitrogen and oxygen atoms in total. The number of halogens is 3. The summed E-state index contributed by atoms with van der Waals surface area (Å²) in [6.45, 7) is 0. The van der Waals surface area contributed by atoms with E-state index >= 15 is 0 Å². The first-order chi connectivity index (χ1) is 14.9. The largest absolute Gasteiger partial charge is 0.416 e. The van der Waals surface area contributed by atoms with Gasteiger partial charge in [-0.25, -0.2) is 4.57 Å². The van der Waals surface area contributed by atoms with E-state index < -0.39 is 11.7 Å². The van der Waals surface area contributed by atoms with Crippen molar-refractivity contribution in [3.63, 3.8) is 0 Å². The SMILES string of the molecule is C[n+]1cc(-c2ccccc2)c(SCc2ccccc2)c(-c2cccc(C(F)(F)F)c2)c1. The minimum absolute atomic E-state index is 0.554. The molecule has 5 heteroatoms. The molecule has 1 heterocycles. The highest BCUT2D eigenvalue weighted by Crippen LogP contribution is 2.41. The molecule has 0 bridgehead atoms. The molecule has 0 saturated heterocycles. The molecule has 0 fully saturated rings. The van der Waals surface area contributed by atoms with Crippen LogP contribution in [0.2, 0.25) is 0 Å². The van der Waals surface area contributed by atoms with Gasteiger partial charge in [-0.2, -0.15) is 13.2 Å². The van der Waals surface area contributed by atoms with E-state index in [9.17, 15) is 13.2 Å². The Morgan fingerprint density at radius 3 is 1.97 bits per heavy atom. The van der Waals surface area contributed by atoms with E-state index in [-0.39, 0.29) is 0 Å². The molecule has 0 spiro atoms. The Hall–Kier alpha value is -3.05. The van der Waals surface area contributed by atoms with Crippen LogP contribution in [0.4, 0.5) is 13.2 Å². The third-order valence-electron chi connectivity index (χ3n) is 4.97. The predicted molar refractivity (Wildman–Crippen MR) is 119 cm³/mol. The molecule has 4 aromatic rings. The van der Waals surface area contributed by atoms with E-state index in [0.717, 1.165) is 39.0 Å². The first-order valence-corrected chi connectivity index (χ1v) is 10.8. The van der Waals surface area contributed by atoms with Gasteiger partial charge in [0.1, 0.15) is 7.05 Å². The second-order valence-corrected chi connectivity index (χ2v) is 8.28. The summed E-state index contributed by atoms with van der Waals surface area (Å²) in [5.41, 5.74) is 3.89.